The van der Waals surface area contributed by atoms with Crippen LogP contribution in [0.2, 0.25) is 0 Å². The first-order valence-corrected chi connectivity index (χ1v) is 5.69. The van der Waals surface area contributed by atoms with E-state index in [-0.39, 0.29) is 18.0 Å². The van der Waals surface area contributed by atoms with Gasteiger partial charge in [-0.2, -0.15) is 16.4 Å². The van der Waals surface area contributed by atoms with Gasteiger partial charge in [0.25, 0.3) is 0 Å². The Hall–Kier alpha value is -1.75. The zero-order valence-electron chi connectivity index (χ0n) is 8.71. The van der Waals surface area contributed by atoms with Crippen molar-refractivity contribution < 1.29 is 9.59 Å². The fourth-order valence-corrected chi connectivity index (χ4v) is 1.99. The Balaban J connectivity index is 2.06. The summed E-state index contributed by atoms with van der Waals surface area (Å²) in [5, 5.41) is 7.52. The average Bonchev–Trinajstić information content (AvgIpc) is 2.87. The van der Waals surface area contributed by atoms with E-state index in [1.807, 2.05) is 5.38 Å². The molecule has 2 aromatic heterocycles. The molecule has 0 atom stereocenters. The second-order valence-corrected chi connectivity index (χ2v) is 4.19. The predicted molar refractivity (Wildman–Crippen MR) is 60.8 cm³/mol. The van der Waals surface area contributed by atoms with Crippen LogP contribution in [0.3, 0.4) is 0 Å². The minimum absolute atomic E-state index is 0.117. The number of hydrogen-bond acceptors (Lipinski definition) is 4. The average molecular weight is 234 g/mol. The van der Waals surface area contributed by atoms with E-state index in [1.54, 1.807) is 35.4 Å². The van der Waals surface area contributed by atoms with Gasteiger partial charge in [0.1, 0.15) is 5.69 Å². The lowest BCUT2D eigenvalue weighted by Crippen LogP contribution is -2.08. The number of aryl methyl sites for hydroxylation is 1. The van der Waals surface area contributed by atoms with Gasteiger partial charge >= 0.3 is 0 Å². The van der Waals surface area contributed by atoms with E-state index in [1.165, 1.54) is 11.3 Å². The number of aromatic nitrogens is 2. The van der Waals surface area contributed by atoms with Gasteiger partial charge in [0, 0.05) is 24.2 Å². The number of hydrogen-bond donors (Lipinski definition) is 0. The van der Waals surface area contributed by atoms with Crippen molar-refractivity contribution >= 4 is 22.9 Å². The van der Waals surface area contributed by atoms with Gasteiger partial charge in [-0.05, 0) is 17.5 Å². The molecule has 0 saturated heterocycles. The van der Waals surface area contributed by atoms with Crippen molar-refractivity contribution in [2.75, 3.05) is 0 Å². The quantitative estimate of drug-likeness (QED) is 0.600. The molecule has 0 aliphatic carbocycles. The van der Waals surface area contributed by atoms with Crippen LogP contribution in [-0.2, 0) is 7.05 Å². The molecule has 0 fully saturated rings. The second kappa shape index (κ2) is 4.40. The molecule has 82 valence electrons. The summed E-state index contributed by atoms with van der Waals surface area (Å²) < 4.78 is 1.54. The zero-order valence-corrected chi connectivity index (χ0v) is 9.53. The molecule has 2 heterocycles. The van der Waals surface area contributed by atoms with Crippen LogP contribution >= 0.6 is 11.3 Å². The van der Waals surface area contributed by atoms with E-state index in [2.05, 4.69) is 5.10 Å². The highest BCUT2D eigenvalue weighted by Crippen LogP contribution is 2.10. The molecule has 0 aliphatic heterocycles. The van der Waals surface area contributed by atoms with Crippen LogP contribution in [0, 0.1) is 0 Å². The number of thiophene rings is 1. The van der Waals surface area contributed by atoms with Crippen molar-refractivity contribution in [3.63, 3.8) is 0 Å². The Morgan fingerprint density at radius 2 is 2.19 bits per heavy atom. The molecule has 0 N–H and O–H groups in total. The van der Waals surface area contributed by atoms with Crippen LogP contribution < -0.4 is 0 Å². The lowest BCUT2D eigenvalue weighted by Gasteiger charge is -1.95. The first kappa shape index (κ1) is 10.8. The number of rotatable bonds is 4. The van der Waals surface area contributed by atoms with Crippen LogP contribution in [0.1, 0.15) is 27.3 Å². The molecule has 2 rings (SSSR count). The highest BCUT2D eigenvalue weighted by molar-refractivity contribution is 7.08. The number of carbonyl (C=O) groups is 2. The molecule has 0 amide bonds. The van der Waals surface area contributed by atoms with E-state index in [9.17, 15) is 9.59 Å². The van der Waals surface area contributed by atoms with Gasteiger partial charge in [-0.25, -0.2) is 0 Å². The van der Waals surface area contributed by atoms with Crippen LogP contribution in [0.25, 0.3) is 0 Å². The van der Waals surface area contributed by atoms with Gasteiger partial charge in [-0.15, -0.1) is 0 Å². The van der Waals surface area contributed by atoms with Crippen molar-refractivity contribution in [1.82, 2.24) is 9.78 Å². The molecule has 0 spiro atoms. The third-order valence-electron chi connectivity index (χ3n) is 2.16. The van der Waals surface area contributed by atoms with Crippen molar-refractivity contribution in [2.24, 2.45) is 7.05 Å². The lowest BCUT2D eigenvalue weighted by atomic mass is 10.1. The zero-order chi connectivity index (χ0) is 11.5. The minimum atomic E-state index is -0.239. The Morgan fingerprint density at radius 3 is 2.75 bits per heavy atom. The highest BCUT2D eigenvalue weighted by Gasteiger charge is 2.15. The van der Waals surface area contributed by atoms with Crippen molar-refractivity contribution in [3.05, 3.63) is 40.3 Å². The van der Waals surface area contributed by atoms with Crippen LogP contribution in [0.4, 0.5) is 0 Å². The molecular formula is C11H10N2O2S. The van der Waals surface area contributed by atoms with Gasteiger partial charge in [-0.1, -0.05) is 0 Å². The third kappa shape index (κ3) is 2.25. The SMILES string of the molecule is Cn1ccc(C(=O)CC(=O)c2ccsc2)n1. The first-order valence-electron chi connectivity index (χ1n) is 4.75. The second-order valence-electron chi connectivity index (χ2n) is 3.41. The van der Waals surface area contributed by atoms with Crippen LogP contribution in [-0.4, -0.2) is 21.3 Å². The lowest BCUT2D eigenvalue weighted by molar-refractivity contribution is 0.0891. The molecule has 0 unspecified atom stereocenters. The first-order chi connectivity index (χ1) is 7.66. The summed E-state index contributed by atoms with van der Waals surface area (Å²) in [5.74, 6) is -0.395. The van der Waals surface area contributed by atoms with Crippen molar-refractivity contribution in [2.45, 2.75) is 6.42 Å². The number of carbonyl (C=O) groups excluding carboxylic acids is 2. The summed E-state index contributed by atoms with van der Waals surface area (Å²) in [7, 11) is 1.73. The molecule has 0 radical (unpaired) electrons. The van der Waals surface area contributed by atoms with Crippen LogP contribution in [0.5, 0.6) is 0 Å². The molecule has 0 aromatic carbocycles. The predicted octanol–water partition coefficient (Wildman–Crippen LogP) is 1.94. The molecular weight excluding hydrogens is 224 g/mol. The summed E-state index contributed by atoms with van der Waals surface area (Å²) >= 11 is 1.44. The minimum Gasteiger partial charge on any atom is -0.294 e. The van der Waals surface area contributed by atoms with Crippen molar-refractivity contribution in [3.8, 4) is 0 Å². The molecule has 2 aromatic rings. The van der Waals surface area contributed by atoms with Crippen LogP contribution in [0.15, 0.2) is 29.1 Å². The summed E-state index contributed by atoms with van der Waals surface area (Å²) in [6.45, 7) is 0. The number of nitrogens with zero attached hydrogens (tertiary/aromatic N) is 2. The van der Waals surface area contributed by atoms with E-state index in [4.69, 9.17) is 0 Å². The Kier molecular flexibility index (Phi) is 2.96. The van der Waals surface area contributed by atoms with Gasteiger partial charge in [0.15, 0.2) is 11.6 Å². The molecule has 5 heteroatoms. The fourth-order valence-electron chi connectivity index (χ4n) is 1.33. The summed E-state index contributed by atoms with van der Waals surface area (Å²) in [5.41, 5.74) is 0.931. The summed E-state index contributed by atoms with van der Waals surface area (Å²) in [6, 6.07) is 3.34. The van der Waals surface area contributed by atoms with Gasteiger partial charge in [0.05, 0.1) is 6.42 Å². The smallest absolute Gasteiger partial charge is 0.190 e. The maximum atomic E-state index is 11.7. The standard InChI is InChI=1S/C11H10N2O2S/c1-13-4-2-9(12-13)11(15)6-10(14)8-3-5-16-7-8/h2-5,7H,6H2,1H3. The Morgan fingerprint density at radius 1 is 1.38 bits per heavy atom. The van der Waals surface area contributed by atoms with E-state index < -0.39 is 0 Å². The molecule has 0 bridgehead atoms. The number of Topliss-reactive ketones (excluding diaryl/α,β-unsaturated/α-hetero) is 2. The van der Waals surface area contributed by atoms with Gasteiger partial charge in [0.2, 0.25) is 0 Å². The molecule has 4 nitrogen and oxygen atoms in total. The highest BCUT2D eigenvalue weighted by atomic mass is 32.1. The molecule has 16 heavy (non-hydrogen) atoms. The van der Waals surface area contributed by atoms with E-state index in [0.29, 0.717) is 11.3 Å². The topological polar surface area (TPSA) is 52.0 Å². The third-order valence-corrected chi connectivity index (χ3v) is 2.85. The van der Waals surface area contributed by atoms with E-state index in [0.717, 1.165) is 0 Å². The maximum absolute atomic E-state index is 11.7. The molecule has 0 aliphatic rings. The molecule has 0 saturated carbocycles. The van der Waals surface area contributed by atoms with Crippen molar-refractivity contribution in [1.29, 1.82) is 0 Å². The summed E-state index contributed by atoms with van der Waals surface area (Å²) in [6.07, 6.45) is 1.57. The van der Waals surface area contributed by atoms with Gasteiger partial charge in [-0.3, -0.25) is 14.3 Å². The van der Waals surface area contributed by atoms with Gasteiger partial charge < -0.3 is 0 Å². The largest absolute Gasteiger partial charge is 0.294 e. The summed E-state index contributed by atoms with van der Waals surface area (Å²) in [4.78, 5) is 23.3. The normalized spacial score (nSPS) is 10.3. The monoisotopic (exact) mass is 234 g/mol. The Labute approximate surface area is 96.5 Å². The number of ketones is 2. The maximum Gasteiger partial charge on any atom is 0.190 e. The fraction of sp³-hybridized carbons (Fsp3) is 0.182. The van der Waals surface area contributed by atoms with E-state index >= 15 is 0 Å². The Bertz CT molecular complexity index is 514.